The Bertz CT molecular complexity index is 693. The standard InChI is InChI=1S/C16H21N3O2S2/c1-10-7-6-8-12(11(10)2)17-14-18-19-15(23-14)22-9-13(20)21-16(3,4)5/h6-8H,9H2,1-5H3,(H,17,18). The molecule has 0 unspecified atom stereocenters. The van der Waals surface area contributed by atoms with Gasteiger partial charge in [-0.1, -0.05) is 35.2 Å². The molecular formula is C16H21N3O2S2. The molecular weight excluding hydrogens is 330 g/mol. The molecule has 5 nitrogen and oxygen atoms in total. The number of nitrogens with zero attached hydrogens (tertiary/aromatic N) is 2. The van der Waals surface area contributed by atoms with E-state index in [1.54, 1.807) is 0 Å². The van der Waals surface area contributed by atoms with E-state index in [2.05, 4.69) is 35.4 Å². The smallest absolute Gasteiger partial charge is 0.316 e. The number of thioether (sulfide) groups is 1. The van der Waals surface area contributed by atoms with Crippen LogP contribution in [-0.4, -0.2) is 27.5 Å². The minimum absolute atomic E-state index is 0.232. The van der Waals surface area contributed by atoms with Gasteiger partial charge in [-0.3, -0.25) is 4.79 Å². The van der Waals surface area contributed by atoms with Crippen molar-refractivity contribution in [1.29, 1.82) is 0 Å². The summed E-state index contributed by atoms with van der Waals surface area (Å²) < 4.78 is 6.01. The Kier molecular flexibility index (Phi) is 5.64. The zero-order chi connectivity index (χ0) is 17.0. The normalized spacial score (nSPS) is 11.3. The number of nitrogens with one attached hydrogen (secondary N) is 1. The number of ether oxygens (including phenoxy) is 1. The number of carbonyl (C=O) groups is 1. The van der Waals surface area contributed by atoms with Gasteiger partial charge in [-0.25, -0.2) is 0 Å². The Morgan fingerprint density at radius 3 is 2.74 bits per heavy atom. The molecule has 0 fully saturated rings. The maximum Gasteiger partial charge on any atom is 0.316 e. The first-order valence-electron chi connectivity index (χ1n) is 7.26. The van der Waals surface area contributed by atoms with Crippen molar-refractivity contribution in [2.45, 2.75) is 44.6 Å². The molecule has 23 heavy (non-hydrogen) atoms. The van der Waals surface area contributed by atoms with Gasteiger partial charge in [0.25, 0.3) is 0 Å². The summed E-state index contributed by atoms with van der Waals surface area (Å²) in [5, 5.41) is 12.2. The van der Waals surface area contributed by atoms with Crippen molar-refractivity contribution >= 4 is 39.9 Å². The van der Waals surface area contributed by atoms with Crippen molar-refractivity contribution in [3.63, 3.8) is 0 Å². The topological polar surface area (TPSA) is 64.1 Å². The van der Waals surface area contributed by atoms with Crippen LogP contribution in [0.5, 0.6) is 0 Å². The van der Waals surface area contributed by atoms with E-state index in [1.807, 2.05) is 32.9 Å². The first-order chi connectivity index (χ1) is 10.7. The van der Waals surface area contributed by atoms with Crippen LogP contribution in [0, 0.1) is 13.8 Å². The molecule has 2 aromatic rings. The van der Waals surface area contributed by atoms with Crippen LogP contribution >= 0.6 is 23.1 Å². The number of hydrogen-bond donors (Lipinski definition) is 1. The molecule has 0 radical (unpaired) electrons. The lowest BCUT2D eigenvalue weighted by Crippen LogP contribution is -2.24. The van der Waals surface area contributed by atoms with E-state index in [9.17, 15) is 4.79 Å². The van der Waals surface area contributed by atoms with E-state index in [0.717, 1.165) is 10.0 Å². The Labute approximate surface area is 144 Å². The van der Waals surface area contributed by atoms with Gasteiger partial charge in [0.2, 0.25) is 5.13 Å². The van der Waals surface area contributed by atoms with Crippen molar-refractivity contribution in [3.8, 4) is 0 Å². The van der Waals surface area contributed by atoms with Crippen LogP contribution in [0.3, 0.4) is 0 Å². The maximum atomic E-state index is 11.7. The number of anilines is 2. The summed E-state index contributed by atoms with van der Waals surface area (Å²) in [6.45, 7) is 9.70. The quantitative estimate of drug-likeness (QED) is 0.639. The van der Waals surface area contributed by atoms with E-state index >= 15 is 0 Å². The highest BCUT2D eigenvalue weighted by Crippen LogP contribution is 2.29. The van der Waals surface area contributed by atoms with Crippen LogP contribution in [-0.2, 0) is 9.53 Å². The van der Waals surface area contributed by atoms with Crippen LogP contribution in [0.15, 0.2) is 22.5 Å². The molecule has 0 bridgehead atoms. The largest absolute Gasteiger partial charge is 0.459 e. The molecule has 0 spiro atoms. The summed E-state index contributed by atoms with van der Waals surface area (Å²) in [5.41, 5.74) is 2.96. The van der Waals surface area contributed by atoms with Crippen LogP contribution in [0.1, 0.15) is 31.9 Å². The number of hydrogen-bond acceptors (Lipinski definition) is 7. The predicted octanol–water partition coefficient (Wildman–Crippen LogP) is 4.33. The Hall–Kier alpha value is -1.60. The number of esters is 1. The minimum atomic E-state index is -0.464. The first-order valence-corrected chi connectivity index (χ1v) is 9.06. The molecule has 0 aliphatic carbocycles. The average molecular weight is 351 g/mol. The molecule has 0 aliphatic heterocycles. The third-order valence-electron chi connectivity index (χ3n) is 2.99. The van der Waals surface area contributed by atoms with Gasteiger partial charge in [0.05, 0.1) is 5.75 Å². The molecule has 1 aromatic carbocycles. The summed E-state index contributed by atoms with van der Waals surface area (Å²) in [6, 6.07) is 6.09. The second-order valence-electron chi connectivity index (χ2n) is 6.12. The Morgan fingerprint density at radius 1 is 1.30 bits per heavy atom. The molecule has 0 saturated carbocycles. The molecule has 0 amide bonds. The fourth-order valence-corrected chi connectivity index (χ4v) is 3.35. The second kappa shape index (κ2) is 7.31. The molecule has 1 heterocycles. The van der Waals surface area contributed by atoms with Gasteiger partial charge in [-0.05, 0) is 51.8 Å². The summed E-state index contributed by atoms with van der Waals surface area (Å²) in [6.07, 6.45) is 0. The van der Waals surface area contributed by atoms with Crippen LogP contribution in [0.25, 0.3) is 0 Å². The van der Waals surface area contributed by atoms with Gasteiger partial charge in [0, 0.05) is 5.69 Å². The summed E-state index contributed by atoms with van der Waals surface area (Å²) in [5.74, 6) is -0.0169. The predicted molar refractivity (Wildman–Crippen MR) is 95.7 cm³/mol. The molecule has 0 saturated heterocycles. The average Bonchev–Trinajstić information content (AvgIpc) is 2.87. The number of carbonyl (C=O) groups excluding carboxylic acids is 1. The molecule has 7 heteroatoms. The number of rotatable bonds is 5. The zero-order valence-corrected chi connectivity index (χ0v) is 15.6. The lowest BCUT2D eigenvalue weighted by atomic mass is 10.1. The van der Waals surface area contributed by atoms with Crippen molar-refractivity contribution in [1.82, 2.24) is 10.2 Å². The van der Waals surface area contributed by atoms with Crippen molar-refractivity contribution in [2.75, 3.05) is 11.1 Å². The monoisotopic (exact) mass is 351 g/mol. The number of aromatic nitrogens is 2. The van der Waals surface area contributed by atoms with Crippen molar-refractivity contribution in [3.05, 3.63) is 29.3 Å². The van der Waals surface area contributed by atoms with Crippen LogP contribution in [0.2, 0.25) is 0 Å². The van der Waals surface area contributed by atoms with E-state index in [4.69, 9.17) is 4.74 Å². The zero-order valence-electron chi connectivity index (χ0n) is 14.0. The van der Waals surface area contributed by atoms with Crippen molar-refractivity contribution < 1.29 is 9.53 Å². The highest BCUT2D eigenvalue weighted by atomic mass is 32.2. The molecule has 124 valence electrons. The fourth-order valence-electron chi connectivity index (χ4n) is 1.81. The highest BCUT2D eigenvalue weighted by molar-refractivity contribution is 8.01. The van der Waals surface area contributed by atoms with E-state index < -0.39 is 5.60 Å². The van der Waals surface area contributed by atoms with Crippen molar-refractivity contribution in [2.24, 2.45) is 0 Å². The molecule has 0 aliphatic rings. The second-order valence-corrected chi connectivity index (χ2v) is 8.32. The number of benzene rings is 1. The first kappa shape index (κ1) is 17.7. The van der Waals surface area contributed by atoms with E-state index in [-0.39, 0.29) is 11.7 Å². The van der Waals surface area contributed by atoms with Gasteiger partial charge >= 0.3 is 5.97 Å². The van der Waals surface area contributed by atoms with Gasteiger partial charge in [-0.15, -0.1) is 10.2 Å². The van der Waals surface area contributed by atoms with Gasteiger partial charge < -0.3 is 10.1 Å². The summed E-state index contributed by atoms with van der Waals surface area (Å²) >= 11 is 2.76. The summed E-state index contributed by atoms with van der Waals surface area (Å²) in [4.78, 5) is 11.7. The molecule has 1 N–H and O–H groups in total. The number of aryl methyl sites for hydroxylation is 1. The lowest BCUT2D eigenvalue weighted by Gasteiger charge is -2.18. The molecule has 0 atom stereocenters. The van der Waals surface area contributed by atoms with Crippen LogP contribution in [0.4, 0.5) is 10.8 Å². The third-order valence-corrected chi connectivity index (χ3v) is 4.93. The maximum absolute atomic E-state index is 11.7. The van der Waals surface area contributed by atoms with Crippen LogP contribution < -0.4 is 5.32 Å². The Morgan fingerprint density at radius 2 is 2.04 bits per heavy atom. The van der Waals surface area contributed by atoms with Gasteiger partial charge in [-0.2, -0.15) is 0 Å². The lowest BCUT2D eigenvalue weighted by molar-refractivity contribution is -0.151. The minimum Gasteiger partial charge on any atom is -0.459 e. The van der Waals surface area contributed by atoms with E-state index in [1.165, 1.54) is 34.2 Å². The van der Waals surface area contributed by atoms with E-state index in [0.29, 0.717) is 5.13 Å². The Balaban J connectivity index is 1.93. The van der Waals surface area contributed by atoms with Gasteiger partial charge in [0.15, 0.2) is 4.34 Å². The SMILES string of the molecule is Cc1cccc(Nc2nnc(SCC(=O)OC(C)(C)C)s2)c1C. The fraction of sp³-hybridized carbons (Fsp3) is 0.438. The summed E-state index contributed by atoms with van der Waals surface area (Å²) in [7, 11) is 0. The molecule has 1 aromatic heterocycles. The third kappa shape index (κ3) is 5.51. The van der Waals surface area contributed by atoms with Gasteiger partial charge in [0.1, 0.15) is 5.60 Å². The highest BCUT2D eigenvalue weighted by Gasteiger charge is 2.17. The molecule has 2 rings (SSSR count).